The topological polar surface area (TPSA) is 42.9 Å². The Bertz CT molecular complexity index is 659. The minimum atomic E-state index is -0.0732. The summed E-state index contributed by atoms with van der Waals surface area (Å²) >= 11 is 2.93. The van der Waals surface area contributed by atoms with Crippen LogP contribution in [0.1, 0.15) is 15.4 Å². The van der Waals surface area contributed by atoms with Gasteiger partial charge < -0.3 is 0 Å². The van der Waals surface area contributed by atoms with E-state index in [0.29, 0.717) is 10.6 Å². The van der Waals surface area contributed by atoms with Crippen LogP contribution in [0.4, 0.5) is 0 Å². The van der Waals surface area contributed by atoms with Crippen molar-refractivity contribution in [3.05, 3.63) is 58.4 Å². The first-order valence-corrected chi connectivity index (χ1v) is 7.01. The highest BCUT2D eigenvalue weighted by Crippen LogP contribution is 2.28. The van der Waals surface area contributed by atoms with Crippen LogP contribution in [0.5, 0.6) is 0 Å². The van der Waals surface area contributed by atoms with Crippen molar-refractivity contribution < 1.29 is 4.79 Å². The highest BCUT2D eigenvalue weighted by Gasteiger charge is 2.15. The minimum Gasteiger partial charge on any atom is -0.286 e. The summed E-state index contributed by atoms with van der Waals surface area (Å²) in [6.45, 7) is 0. The average Bonchev–Trinajstić information content (AvgIpc) is 3.09. The Morgan fingerprint density at radius 1 is 1.00 bits per heavy atom. The van der Waals surface area contributed by atoms with Crippen LogP contribution in [0, 0.1) is 0 Å². The Balaban J connectivity index is 1.93. The van der Waals surface area contributed by atoms with E-state index in [0.717, 1.165) is 9.88 Å². The van der Waals surface area contributed by atoms with Gasteiger partial charge in [-0.2, -0.15) is 0 Å². The minimum absolute atomic E-state index is 0.0732. The molecule has 5 heteroatoms. The maximum atomic E-state index is 12.1. The van der Waals surface area contributed by atoms with Gasteiger partial charge in [0.25, 0.3) is 0 Å². The number of hydrogen-bond acceptors (Lipinski definition) is 5. The van der Waals surface area contributed by atoms with Crippen molar-refractivity contribution in [2.75, 3.05) is 0 Å². The number of carbonyl (C=O) groups is 1. The lowest BCUT2D eigenvalue weighted by molar-refractivity contribution is 0.103. The van der Waals surface area contributed by atoms with Gasteiger partial charge in [-0.3, -0.25) is 4.79 Å². The van der Waals surface area contributed by atoms with Crippen molar-refractivity contribution in [3.63, 3.8) is 0 Å². The summed E-state index contributed by atoms with van der Waals surface area (Å²) in [5.41, 5.74) is 0.645. The zero-order chi connectivity index (χ0) is 12.4. The molecular weight excluding hydrogens is 264 g/mol. The summed E-state index contributed by atoms with van der Waals surface area (Å²) < 4.78 is 0. The molecule has 0 radical (unpaired) electrons. The Kier molecular flexibility index (Phi) is 3.00. The first kappa shape index (κ1) is 11.3. The summed E-state index contributed by atoms with van der Waals surface area (Å²) in [4.78, 5) is 13.2. The molecule has 0 bridgehead atoms. The maximum absolute atomic E-state index is 12.1. The second-order valence-corrected chi connectivity index (χ2v) is 5.51. The van der Waals surface area contributed by atoms with Gasteiger partial charge in [0.05, 0.1) is 4.88 Å². The van der Waals surface area contributed by atoms with Gasteiger partial charge in [-0.15, -0.1) is 21.5 Å². The van der Waals surface area contributed by atoms with E-state index in [1.54, 1.807) is 23.5 Å². The molecule has 0 unspecified atom stereocenters. The third-order valence-electron chi connectivity index (χ3n) is 2.39. The molecule has 0 aliphatic heterocycles. The number of nitrogens with zero attached hydrogens (tertiary/aromatic N) is 2. The van der Waals surface area contributed by atoms with Gasteiger partial charge in [-0.1, -0.05) is 47.7 Å². The number of thiophene rings is 1. The van der Waals surface area contributed by atoms with Crippen LogP contribution >= 0.6 is 22.7 Å². The summed E-state index contributed by atoms with van der Waals surface area (Å²) in [5, 5.41) is 11.2. The molecule has 0 saturated heterocycles. The Morgan fingerprint density at radius 2 is 1.83 bits per heavy atom. The number of aromatic nitrogens is 2. The number of rotatable bonds is 3. The quantitative estimate of drug-likeness (QED) is 0.685. The summed E-state index contributed by atoms with van der Waals surface area (Å²) in [6.07, 6.45) is 0. The SMILES string of the molecule is O=C(c1ccccc1)c1nnc(-c2cccs2)s1. The molecule has 2 aromatic heterocycles. The second-order valence-electron chi connectivity index (χ2n) is 3.58. The lowest BCUT2D eigenvalue weighted by atomic mass is 10.1. The normalized spacial score (nSPS) is 10.4. The molecule has 0 fully saturated rings. The molecule has 0 aliphatic carbocycles. The van der Waals surface area contributed by atoms with Gasteiger partial charge in [0.1, 0.15) is 0 Å². The van der Waals surface area contributed by atoms with Crippen LogP contribution in [0.2, 0.25) is 0 Å². The highest BCUT2D eigenvalue weighted by atomic mass is 32.1. The number of hydrogen-bond donors (Lipinski definition) is 0. The van der Waals surface area contributed by atoms with Crippen molar-refractivity contribution in [1.29, 1.82) is 0 Å². The fourth-order valence-corrected chi connectivity index (χ4v) is 3.13. The van der Waals surface area contributed by atoms with Gasteiger partial charge >= 0.3 is 0 Å². The fourth-order valence-electron chi connectivity index (χ4n) is 1.53. The van der Waals surface area contributed by atoms with Crippen LogP contribution in [0.3, 0.4) is 0 Å². The summed E-state index contributed by atoms with van der Waals surface area (Å²) in [5.74, 6) is -0.0732. The Morgan fingerprint density at radius 3 is 2.56 bits per heavy atom. The zero-order valence-corrected chi connectivity index (χ0v) is 10.9. The molecule has 1 aromatic carbocycles. The number of ketones is 1. The van der Waals surface area contributed by atoms with Crippen molar-refractivity contribution in [2.45, 2.75) is 0 Å². The Hall–Kier alpha value is -1.85. The average molecular weight is 272 g/mol. The van der Waals surface area contributed by atoms with E-state index in [9.17, 15) is 4.79 Å². The van der Waals surface area contributed by atoms with E-state index in [-0.39, 0.29) is 5.78 Å². The molecule has 18 heavy (non-hydrogen) atoms. The summed E-state index contributed by atoms with van der Waals surface area (Å²) in [6, 6.07) is 13.1. The predicted octanol–water partition coefficient (Wildman–Crippen LogP) is 3.50. The van der Waals surface area contributed by atoms with E-state index in [1.807, 2.05) is 35.7 Å². The van der Waals surface area contributed by atoms with Gasteiger partial charge in [-0.05, 0) is 11.4 Å². The third-order valence-corrected chi connectivity index (χ3v) is 4.35. The van der Waals surface area contributed by atoms with Gasteiger partial charge in [0.2, 0.25) is 5.78 Å². The molecule has 3 nitrogen and oxygen atoms in total. The molecule has 0 atom stereocenters. The lowest BCUT2D eigenvalue weighted by Gasteiger charge is -1.94. The fraction of sp³-hybridized carbons (Fsp3) is 0. The van der Waals surface area contributed by atoms with Crippen molar-refractivity contribution in [1.82, 2.24) is 10.2 Å². The van der Waals surface area contributed by atoms with Crippen LogP contribution in [-0.4, -0.2) is 16.0 Å². The monoisotopic (exact) mass is 272 g/mol. The Labute approximate surface area is 112 Å². The highest BCUT2D eigenvalue weighted by molar-refractivity contribution is 7.21. The molecule has 3 rings (SSSR count). The summed E-state index contributed by atoms with van der Waals surface area (Å²) in [7, 11) is 0. The predicted molar refractivity (Wildman–Crippen MR) is 73.1 cm³/mol. The lowest BCUT2D eigenvalue weighted by Crippen LogP contribution is -1.99. The van der Waals surface area contributed by atoms with Crippen molar-refractivity contribution >= 4 is 28.5 Å². The van der Waals surface area contributed by atoms with Gasteiger partial charge in [0, 0.05) is 5.56 Å². The van der Waals surface area contributed by atoms with Crippen LogP contribution in [0.25, 0.3) is 9.88 Å². The molecule has 0 spiro atoms. The largest absolute Gasteiger partial charge is 0.286 e. The smallest absolute Gasteiger partial charge is 0.223 e. The van der Waals surface area contributed by atoms with Crippen LogP contribution in [-0.2, 0) is 0 Å². The van der Waals surface area contributed by atoms with Crippen molar-refractivity contribution in [2.24, 2.45) is 0 Å². The first-order valence-electron chi connectivity index (χ1n) is 5.32. The van der Waals surface area contributed by atoms with E-state index in [1.165, 1.54) is 11.3 Å². The van der Waals surface area contributed by atoms with Crippen LogP contribution < -0.4 is 0 Å². The maximum Gasteiger partial charge on any atom is 0.223 e. The molecule has 3 aromatic rings. The van der Waals surface area contributed by atoms with Gasteiger partial charge in [0.15, 0.2) is 10.0 Å². The first-order chi connectivity index (χ1) is 8.84. The van der Waals surface area contributed by atoms with Crippen LogP contribution in [0.15, 0.2) is 47.8 Å². The number of carbonyl (C=O) groups excluding carboxylic acids is 1. The second kappa shape index (κ2) is 4.80. The van der Waals surface area contributed by atoms with Gasteiger partial charge in [-0.25, -0.2) is 0 Å². The third kappa shape index (κ3) is 2.10. The molecule has 88 valence electrons. The molecule has 0 aliphatic rings. The van der Waals surface area contributed by atoms with Crippen molar-refractivity contribution in [3.8, 4) is 9.88 Å². The van der Waals surface area contributed by atoms with E-state index < -0.39 is 0 Å². The number of benzene rings is 1. The molecule has 2 heterocycles. The van der Waals surface area contributed by atoms with E-state index >= 15 is 0 Å². The van der Waals surface area contributed by atoms with E-state index in [2.05, 4.69) is 10.2 Å². The molecule has 0 saturated carbocycles. The molecule has 0 N–H and O–H groups in total. The standard InChI is InChI=1S/C13H8N2OS2/c16-11(9-5-2-1-3-6-9)13-15-14-12(18-13)10-7-4-8-17-10/h1-8H. The zero-order valence-electron chi connectivity index (χ0n) is 9.24. The molecule has 0 amide bonds. The van der Waals surface area contributed by atoms with E-state index in [4.69, 9.17) is 0 Å². The molecular formula is C13H8N2OS2.